The highest BCUT2D eigenvalue weighted by atomic mass is 16.5. The van der Waals surface area contributed by atoms with Crippen molar-refractivity contribution in [3.8, 4) is 5.75 Å². The number of carbonyl (C=O) groups is 1. The molecule has 0 spiro atoms. The zero-order chi connectivity index (χ0) is 22.0. The highest BCUT2D eigenvalue weighted by Gasteiger charge is 2.25. The lowest BCUT2D eigenvalue weighted by molar-refractivity contribution is 0.0898. The van der Waals surface area contributed by atoms with Crippen LogP contribution in [-0.2, 0) is 0 Å². The number of benzene rings is 2. The Kier molecular flexibility index (Phi) is 6.33. The number of fused-ring (bicyclic) bond motifs is 1. The molecule has 1 N–H and O–H groups in total. The molecule has 1 saturated heterocycles. The third-order valence-corrected chi connectivity index (χ3v) is 6.55. The highest BCUT2D eigenvalue weighted by molar-refractivity contribution is 5.99. The van der Waals surface area contributed by atoms with Crippen molar-refractivity contribution in [1.82, 2.24) is 10.2 Å². The lowest BCUT2D eigenvalue weighted by Gasteiger charge is -2.35. The van der Waals surface area contributed by atoms with Crippen molar-refractivity contribution in [1.29, 1.82) is 0 Å². The molecule has 5 nitrogen and oxygen atoms in total. The minimum absolute atomic E-state index is 0.129. The van der Waals surface area contributed by atoms with Crippen LogP contribution in [0.1, 0.15) is 58.1 Å². The maximum atomic E-state index is 13.1. The maximum absolute atomic E-state index is 13.1. The van der Waals surface area contributed by atoms with E-state index in [9.17, 15) is 4.79 Å². The van der Waals surface area contributed by atoms with Crippen LogP contribution in [0.5, 0.6) is 5.75 Å². The molecular formula is C26H32N2O3. The van der Waals surface area contributed by atoms with E-state index in [4.69, 9.17) is 9.15 Å². The monoisotopic (exact) mass is 420 g/mol. The molecule has 1 atom stereocenters. The summed E-state index contributed by atoms with van der Waals surface area (Å²) in [6.45, 7) is 8.74. The Bertz CT molecular complexity index is 1060. The third-order valence-electron chi connectivity index (χ3n) is 6.55. The summed E-state index contributed by atoms with van der Waals surface area (Å²) in [6.07, 6.45) is 3.67. The van der Waals surface area contributed by atoms with Gasteiger partial charge in [-0.1, -0.05) is 18.6 Å². The van der Waals surface area contributed by atoms with Gasteiger partial charge in [-0.3, -0.25) is 9.69 Å². The fourth-order valence-corrected chi connectivity index (χ4v) is 4.48. The van der Waals surface area contributed by atoms with Crippen LogP contribution in [0, 0.1) is 20.8 Å². The van der Waals surface area contributed by atoms with Crippen LogP contribution in [-0.4, -0.2) is 37.6 Å². The second-order valence-corrected chi connectivity index (χ2v) is 8.58. The first-order chi connectivity index (χ1) is 15.0. The first-order valence-electron chi connectivity index (χ1n) is 11.1. The molecule has 5 heteroatoms. The summed E-state index contributed by atoms with van der Waals surface area (Å²) >= 11 is 0. The molecule has 2 aromatic carbocycles. The van der Waals surface area contributed by atoms with Crippen LogP contribution in [0.2, 0.25) is 0 Å². The van der Waals surface area contributed by atoms with E-state index in [-0.39, 0.29) is 11.9 Å². The number of hydrogen-bond donors (Lipinski definition) is 1. The van der Waals surface area contributed by atoms with Crippen molar-refractivity contribution in [2.24, 2.45) is 0 Å². The van der Waals surface area contributed by atoms with Crippen molar-refractivity contribution in [3.05, 3.63) is 64.4 Å². The van der Waals surface area contributed by atoms with E-state index in [0.29, 0.717) is 12.3 Å². The van der Waals surface area contributed by atoms with Crippen LogP contribution in [0.25, 0.3) is 11.0 Å². The average Bonchev–Trinajstić information content (AvgIpc) is 3.10. The van der Waals surface area contributed by atoms with Gasteiger partial charge >= 0.3 is 0 Å². The van der Waals surface area contributed by atoms with Crippen molar-refractivity contribution >= 4 is 16.9 Å². The van der Waals surface area contributed by atoms with E-state index in [1.165, 1.54) is 30.4 Å². The summed E-state index contributed by atoms with van der Waals surface area (Å²) in [7, 11) is 1.68. The van der Waals surface area contributed by atoms with E-state index in [0.717, 1.165) is 40.9 Å². The smallest absolute Gasteiger partial charge is 0.287 e. The Morgan fingerprint density at radius 2 is 1.74 bits per heavy atom. The quantitative estimate of drug-likeness (QED) is 0.586. The molecule has 2 heterocycles. The predicted octanol–water partition coefficient (Wildman–Crippen LogP) is 5.32. The van der Waals surface area contributed by atoms with Crippen LogP contribution in [0.15, 0.2) is 40.8 Å². The predicted molar refractivity (Wildman–Crippen MR) is 124 cm³/mol. The Labute approximate surface area is 184 Å². The molecule has 0 saturated carbocycles. The fraction of sp³-hybridized carbons (Fsp3) is 0.423. The van der Waals surface area contributed by atoms with E-state index in [2.05, 4.69) is 42.3 Å². The molecule has 164 valence electrons. The second-order valence-electron chi connectivity index (χ2n) is 8.58. The van der Waals surface area contributed by atoms with E-state index < -0.39 is 0 Å². The van der Waals surface area contributed by atoms with Gasteiger partial charge in [0.05, 0.1) is 13.2 Å². The third kappa shape index (κ3) is 4.47. The van der Waals surface area contributed by atoms with Crippen molar-refractivity contribution in [3.63, 3.8) is 0 Å². The molecule has 1 aliphatic rings. The Balaban J connectivity index is 1.55. The summed E-state index contributed by atoms with van der Waals surface area (Å²) in [4.78, 5) is 15.6. The largest absolute Gasteiger partial charge is 0.497 e. The Morgan fingerprint density at radius 3 is 2.42 bits per heavy atom. The van der Waals surface area contributed by atoms with Crippen LogP contribution >= 0.6 is 0 Å². The molecule has 0 radical (unpaired) electrons. The molecule has 1 fully saturated rings. The fourth-order valence-electron chi connectivity index (χ4n) is 4.48. The molecule has 1 aromatic heterocycles. The number of aryl methyl sites for hydroxylation is 3. The maximum Gasteiger partial charge on any atom is 0.287 e. The van der Waals surface area contributed by atoms with Gasteiger partial charge in [0, 0.05) is 17.5 Å². The van der Waals surface area contributed by atoms with Crippen LogP contribution < -0.4 is 10.1 Å². The standard InChI is InChI=1S/C26H32N2O3/c1-17-14-22-19(3)25(31-24(22)15-18(17)2)26(29)27-16-23(28-12-6-5-7-13-28)20-8-10-21(30-4)11-9-20/h8-11,14-15,23H,5-7,12-13,16H2,1-4H3,(H,27,29)/t23-/m1/s1. The summed E-state index contributed by atoms with van der Waals surface area (Å²) in [5.74, 6) is 1.10. The summed E-state index contributed by atoms with van der Waals surface area (Å²) in [6, 6.07) is 12.4. The number of likely N-dealkylation sites (tertiary alicyclic amines) is 1. The molecule has 3 aromatic rings. The first-order valence-corrected chi connectivity index (χ1v) is 11.1. The minimum Gasteiger partial charge on any atom is -0.497 e. The number of piperidine rings is 1. The molecule has 0 unspecified atom stereocenters. The molecule has 1 aliphatic heterocycles. The molecule has 0 aliphatic carbocycles. The van der Waals surface area contributed by atoms with Gasteiger partial charge in [0.15, 0.2) is 5.76 Å². The minimum atomic E-state index is -0.153. The lowest BCUT2D eigenvalue weighted by atomic mass is 10.0. The SMILES string of the molecule is COc1ccc([C@@H](CNC(=O)c2oc3cc(C)c(C)cc3c2C)N2CCCCC2)cc1. The number of hydrogen-bond acceptors (Lipinski definition) is 4. The Hall–Kier alpha value is -2.79. The van der Waals surface area contributed by atoms with E-state index in [1.807, 2.05) is 25.1 Å². The van der Waals surface area contributed by atoms with Crippen molar-refractivity contribution in [2.75, 3.05) is 26.7 Å². The van der Waals surface area contributed by atoms with Gasteiger partial charge in [-0.2, -0.15) is 0 Å². The number of amides is 1. The average molecular weight is 421 g/mol. The van der Waals surface area contributed by atoms with Crippen molar-refractivity contribution in [2.45, 2.75) is 46.1 Å². The van der Waals surface area contributed by atoms with Gasteiger partial charge in [-0.05, 0) is 87.7 Å². The van der Waals surface area contributed by atoms with Crippen LogP contribution in [0.3, 0.4) is 0 Å². The van der Waals surface area contributed by atoms with Gasteiger partial charge in [0.25, 0.3) is 5.91 Å². The zero-order valence-electron chi connectivity index (χ0n) is 19.0. The number of carbonyl (C=O) groups excluding carboxylic acids is 1. The Morgan fingerprint density at radius 1 is 1.06 bits per heavy atom. The number of furan rings is 1. The number of methoxy groups -OCH3 is 1. The highest BCUT2D eigenvalue weighted by Crippen LogP contribution is 2.29. The van der Waals surface area contributed by atoms with Gasteiger partial charge in [-0.25, -0.2) is 0 Å². The van der Waals surface area contributed by atoms with E-state index in [1.54, 1.807) is 7.11 Å². The number of nitrogens with one attached hydrogen (secondary N) is 1. The first kappa shape index (κ1) is 21.4. The van der Waals surface area contributed by atoms with Crippen molar-refractivity contribution < 1.29 is 13.9 Å². The summed E-state index contributed by atoms with van der Waals surface area (Å²) < 4.78 is 11.3. The van der Waals surface area contributed by atoms with Gasteiger partial charge in [0.2, 0.25) is 0 Å². The topological polar surface area (TPSA) is 54.7 Å². The zero-order valence-corrected chi connectivity index (χ0v) is 19.0. The molecule has 31 heavy (non-hydrogen) atoms. The van der Waals surface area contributed by atoms with E-state index >= 15 is 0 Å². The summed E-state index contributed by atoms with van der Waals surface area (Å²) in [5, 5.41) is 4.16. The molecule has 1 amide bonds. The normalized spacial score (nSPS) is 15.7. The second kappa shape index (κ2) is 9.15. The number of ether oxygens (including phenoxy) is 1. The van der Waals surface area contributed by atoms with Gasteiger partial charge in [0.1, 0.15) is 11.3 Å². The lowest BCUT2D eigenvalue weighted by Crippen LogP contribution is -2.40. The number of rotatable bonds is 6. The number of nitrogens with zero attached hydrogens (tertiary/aromatic N) is 1. The van der Waals surface area contributed by atoms with Gasteiger partial charge in [-0.15, -0.1) is 0 Å². The van der Waals surface area contributed by atoms with Crippen LogP contribution in [0.4, 0.5) is 0 Å². The molecular weight excluding hydrogens is 388 g/mol. The molecule has 0 bridgehead atoms. The van der Waals surface area contributed by atoms with Gasteiger partial charge < -0.3 is 14.5 Å². The molecule has 4 rings (SSSR count). The summed E-state index contributed by atoms with van der Waals surface area (Å²) in [5.41, 5.74) is 5.23.